The van der Waals surface area contributed by atoms with Gasteiger partial charge in [0, 0.05) is 36.8 Å². The minimum atomic E-state index is -0.0606. The van der Waals surface area contributed by atoms with E-state index in [-0.39, 0.29) is 18.4 Å². The number of benzene rings is 2. The normalized spacial score (nSPS) is 14.2. The number of halogens is 1. The van der Waals surface area contributed by atoms with Gasteiger partial charge in [0.25, 0.3) is 11.8 Å². The monoisotopic (exact) mass is 386 g/mol. The molecule has 0 N–H and O–H groups in total. The zero-order chi connectivity index (χ0) is 19.4. The molecule has 2 amide bonds. The van der Waals surface area contributed by atoms with Crippen LogP contribution in [0, 0.1) is 13.8 Å². The number of hydrogen-bond donors (Lipinski definition) is 0. The molecule has 0 aromatic heterocycles. The molecule has 0 saturated carbocycles. The van der Waals surface area contributed by atoms with E-state index in [0.717, 1.165) is 16.9 Å². The Balaban J connectivity index is 1.51. The van der Waals surface area contributed by atoms with Crippen LogP contribution in [0.3, 0.4) is 0 Å². The molecule has 27 heavy (non-hydrogen) atoms. The molecule has 0 aliphatic carbocycles. The molecule has 0 unspecified atom stereocenters. The van der Waals surface area contributed by atoms with Crippen LogP contribution in [-0.4, -0.2) is 54.4 Å². The Morgan fingerprint density at radius 1 is 0.963 bits per heavy atom. The predicted octanol–water partition coefficient (Wildman–Crippen LogP) is 3.32. The van der Waals surface area contributed by atoms with E-state index in [1.807, 2.05) is 32.0 Å². The number of piperazine rings is 1. The molecule has 1 fully saturated rings. The summed E-state index contributed by atoms with van der Waals surface area (Å²) in [7, 11) is 0. The summed E-state index contributed by atoms with van der Waals surface area (Å²) in [5.74, 6) is 0.639. The first kappa shape index (κ1) is 19.2. The third-order valence-electron chi connectivity index (χ3n) is 4.92. The molecular weight excluding hydrogens is 364 g/mol. The van der Waals surface area contributed by atoms with Crippen LogP contribution in [0.15, 0.2) is 42.5 Å². The Labute approximate surface area is 164 Å². The van der Waals surface area contributed by atoms with E-state index in [2.05, 4.69) is 0 Å². The molecular formula is C21H23ClN2O3. The van der Waals surface area contributed by atoms with E-state index >= 15 is 0 Å². The van der Waals surface area contributed by atoms with Gasteiger partial charge in [-0.3, -0.25) is 9.59 Å². The van der Waals surface area contributed by atoms with Gasteiger partial charge >= 0.3 is 0 Å². The summed E-state index contributed by atoms with van der Waals surface area (Å²) in [6.45, 7) is 6.04. The van der Waals surface area contributed by atoms with Crippen molar-refractivity contribution in [3.8, 4) is 5.75 Å². The topological polar surface area (TPSA) is 49.9 Å². The largest absolute Gasteiger partial charge is 0.483 e. The van der Waals surface area contributed by atoms with Crippen molar-refractivity contribution in [3.63, 3.8) is 0 Å². The fourth-order valence-electron chi connectivity index (χ4n) is 3.05. The average Bonchev–Trinajstić information content (AvgIpc) is 2.69. The maximum atomic E-state index is 12.5. The summed E-state index contributed by atoms with van der Waals surface area (Å²) in [6.07, 6.45) is 0. The summed E-state index contributed by atoms with van der Waals surface area (Å²) < 4.78 is 5.70. The number of carbonyl (C=O) groups is 2. The lowest BCUT2D eigenvalue weighted by Gasteiger charge is -2.34. The summed E-state index contributed by atoms with van der Waals surface area (Å²) >= 11 is 5.87. The quantitative estimate of drug-likeness (QED) is 0.809. The van der Waals surface area contributed by atoms with Crippen LogP contribution in [0.4, 0.5) is 0 Å². The highest BCUT2D eigenvalue weighted by Gasteiger charge is 2.25. The van der Waals surface area contributed by atoms with Crippen molar-refractivity contribution in [2.24, 2.45) is 0 Å². The molecule has 2 aromatic rings. The standard InChI is InChI=1S/C21H23ClN2O3/c1-15-4-3-5-19(16(15)2)27-14-20(25)23-10-12-24(13-11-23)21(26)17-6-8-18(22)9-7-17/h3-9H,10-14H2,1-2H3. The van der Waals surface area contributed by atoms with Crippen molar-refractivity contribution < 1.29 is 14.3 Å². The third-order valence-corrected chi connectivity index (χ3v) is 5.17. The van der Waals surface area contributed by atoms with Gasteiger partial charge in [0.05, 0.1) is 0 Å². The Morgan fingerprint density at radius 2 is 1.59 bits per heavy atom. The van der Waals surface area contributed by atoms with Crippen molar-refractivity contribution in [2.75, 3.05) is 32.8 Å². The molecule has 0 bridgehead atoms. The van der Waals surface area contributed by atoms with Crippen LogP contribution in [-0.2, 0) is 4.79 Å². The SMILES string of the molecule is Cc1cccc(OCC(=O)N2CCN(C(=O)c3ccc(Cl)cc3)CC2)c1C. The minimum Gasteiger partial charge on any atom is -0.483 e. The Hall–Kier alpha value is -2.53. The average molecular weight is 387 g/mol. The second-order valence-electron chi connectivity index (χ2n) is 6.67. The Morgan fingerprint density at radius 3 is 2.26 bits per heavy atom. The minimum absolute atomic E-state index is 0.00935. The smallest absolute Gasteiger partial charge is 0.260 e. The summed E-state index contributed by atoms with van der Waals surface area (Å²) in [6, 6.07) is 12.7. The Bertz CT molecular complexity index is 828. The van der Waals surface area contributed by atoms with Gasteiger partial charge < -0.3 is 14.5 Å². The van der Waals surface area contributed by atoms with Crippen molar-refractivity contribution >= 4 is 23.4 Å². The second-order valence-corrected chi connectivity index (χ2v) is 7.10. The molecule has 5 nitrogen and oxygen atoms in total. The number of hydrogen-bond acceptors (Lipinski definition) is 3. The fraction of sp³-hybridized carbons (Fsp3) is 0.333. The lowest BCUT2D eigenvalue weighted by atomic mass is 10.1. The van der Waals surface area contributed by atoms with Crippen molar-refractivity contribution in [1.82, 2.24) is 9.80 Å². The van der Waals surface area contributed by atoms with Gasteiger partial charge in [-0.25, -0.2) is 0 Å². The summed E-state index contributed by atoms with van der Waals surface area (Å²) in [5.41, 5.74) is 2.79. The van der Waals surface area contributed by atoms with Gasteiger partial charge in [-0.05, 0) is 55.3 Å². The highest BCUT2D eigenvalue weighted by atomic mass is 35.5. The number of aryl methyl sites for hydroxylation is 1. The first-order chi connectivity index (χ1) is 13.0. The lowest BCUT2D eigenvalue weighted by molar-refractivity contribution is -0.134. The molecule has 1 saturated heterocycles. The van der Waals surface area contributed by atoms with Gasteiger partial charge in [-0.2, -0.15) is 0 Å². The maximum absolute atomic E-state index is 12.5. The van der Waals surface area contributed by atoms with Gasteiger partial charge in [-0.15, -0.1) is 0 Å². The highest BCUT2D eigenvalue weighted by Crippen LogP contribution is 2.20. The van der Waals surface area contributed by atoms with E-state index in [0.29, 0.717) is 36.8 Å². The number of amides is 2. The van der Waals surface area contributed by atoms with Crippen LogP contribution in [0.2, 0.25) is 5.02 Å². The van der Waals surface area contributed by atoms with E-state index < -0.39 is 0 Å². The van der Waals surface area contributed by atoms with Crippen molar-refractivity contribution in [1.29, 1.82) is 0 Å². The molecule has 142 valence electrons. The molecule has 2 aromatic carbocycles. The van der Waals surface area contributed by atoms with E-state index in [1.54, 1.807) is 34.1 Å². The van der Waals surface area contributed by atoms with E-state index in [4.69, 9.17) is 16.3 Å². The zero-order valence-corrected chi connectivity index (χ0v) is 16.3. The van der Waals surface area contributed by atoms with Crippen LogP contribution in [0.25, 0.3) is 0 Å². The molecule has 1 heterocycles. The number of rotatable bonds is 4. The van der Waals surface area contributed by atoms with Crippen molar-refractivity contribution in [2.45, 2.75) is 13.8 Å². The molecule has 3 rings (SSSR count). The molecule has 1 aliphatic rings. The van der Waals surface area contributed by atoms with E-state index in [1.165, 1.54) is 0 Å². The molecule has 1 aliphatic heterocycles. The lowest BCUT2D eigenvalue weighted by Crippen LogP contribution is -2.51. The van der Waals surface area contributed by atoms with E-state index in [9.17, 15) is 9.59 Å². The summed E-state index contributed by atoms with van der Waals surface area (Å²) in [5, 5.41) is 0.603. The number of carbonyl (C=O) groups excluding carboxylic acids is 2. The number of ether oxygens (including phenoxy) is 1. The first-order valence-electron chi connectivity index (χ1n) is 8.97. The maximum Gasteiger partial charge on any atom is 0.260 e. The number of nitrogens with zero attached hydrogens (tertiary/aromatic N) is 2. The molecule has 0 radical (unpaired) electrons. The molecule has 6 heteroatoms. The Kier molecular flexibility index (Phi) is 6.01. The van der Waals surface area contributed by atoms with Crippen LogP contribution < -0.4 is 4.74 Å². The summed E-state index contributed by atoms with van der Waals surface area (Å²) in [4.78, 5) is 28.5. The van der Waals surface area contributed by atoms with Crippen LogP contribution in [0.5, 0.6) is 5.75 Å². The van der Waals surface area contributed by atoms with Gasteiger partial charge in [0.15, 0.2) is 6.61 Å². The van der Waals surface area contributed by atoms with Crippen LogP contribution >= 0.6 is 11.6 Å². The molecule has 0 atom stereocenters. The van der Waals surface area contributed by atoms with Gasteiger partial charge in [0.2, 0.25) is 0 Å². The zero-order valence-electron chi connectivity index (χ0n) is 15.6. The second kappa shape index (κ2) is 8.44. The van der Waals surface area contributed by atoms with Gasteiger partial charge in [-0.1, -0.05) is 23.7 Å². The molecule has 0 spiro atoms. The van der Waals surface area contributed by atoms with Gasteiger partial charge in [0.1, 0.15) is 5.75 Å². The highest BCUT2D eigenvalue weighted by molar-refractivity contribution is 6.30. The van der Waals surface area contributed by atoms with Crippen molar-refractivity contribution in [3.05, 3.63) is 64.2 Å². The predicted molar refractivity (Wildman–Crippen MR) is 105 cm³/mol. The third kappa shape index (κ3) is 4.61. The fourth-order valence-corrected chi connectivity index (χ4v) is 3.17. The first-order valence-corrected chi connectivity index (χ1v) is 9.35. The van der Waals surface area contributed by atoms with Crippen LogP contribution in [0.1, 0.15) is 21.5 Å².